The molecule has 1 aliphatic heterocycles. The largest absolute Gasteiger partial charge is 0.377 e. The van der Waals surface area contributed by atoms with Crippen molar-refractivity contribution < 1.29 is 5.11 Å². The quantitative estimate of drug-likeness (QED) is 0.429. The van der Waals surface area contributed by atoms with Crippen molar-refractivity contribution >= 4 is 0 Å². The lowest BCUT2D eigenvalue weighted by Gasteiger charge is -2.10. The zero-order chi connectivity index (χ0) is 6.53. The first-order valence-electron chi connectivity index (χ1n) is 2.80. The number of hydrogen-bond acceptors (Lipinski definition) is 3. The molecule has 0 aromatic carbocycles. The average Bonchev–Trinajstić information content (AvgIpc) is 1.91. The first kappa shape index (κ1) is 6.16. The molecule has 0 amide bonds. The molecule has 3 nitrogen and oxygen atoms in total. The summed E-state index contributed by atoms with van der Waals surface area (Å²) >= 11 is 0. The van der Waals surface area contributed by atoms with Gasteiger partial charge in [0.25, 0.3) is 0 Å². The molecule has 0 aliphatic carbocycles. The fraction of sp³-hybridized carbons (Fsp3) is 0.333. The third-order valence-electron chi connectivity index (χ3n) is 0.998. The molecule has 0 spiro atoms. The van der Waals surface area contributed by atoms with Crippen molar-refractivity contribution in [3.8, 4) is 0 Å². The predicted molar refractivity (Wildman–Crippen MR) is 34.1 cm³/mol. The van der Waals surface area contributed by atoms with Crippen LogP contribution in [0.3, 0.4) is 0 Å². The third-order valence-corrected chi connectivity index (χ3v) is 0.998. The van der Waals surface area contributed by atoms with Crippen LogP contribution in [0.25, 0.3) is 0 Å². The Labute approximate surface area is 54.1 Å². The predicted octanol–water partition coefficient (Wildman–Crippen LogP) is -0.670. The van der Waals surface area contributed by atoms with Crippen LogP contribution >= 0.6 is 0 Å². The van der Waals surface area contributed by atoms with Crippen LogP contribution in [0.1, 0.15) is 0 Å². The average molecular weight is 125 g/mol. The second-order valence-electron chi connectivity index (χ2n) is 1.64. The Kier molecular flexibility index (Phi) is 2.15. The van der Waals surface area contributed by atoms with Crippen LogP contribution in [0.4, 0.5) is 0 Å². The molecule has 0 fully saturated rings. The van der Waals surface area contributed by atoms with E-state index in [9.17, 15) is 0 Å². The molecule has 49 valence electrons. The van der Waals surface area contributed by atoms with Crippen LogP contribution in [-0.4, -0.2) is 18.4 Å². The van der Waals surface area contributed by atoms with E-state index in [1.807, 2.05) is 12.2 Å². The van der Waals surface area contributed by atoms with Gasteiger partial charge in [0.05, 0.1) is 0 Å². The minimum absolute atomic E-state index is 0.0524. The van der Waals surface area contributed by atoms with Crippen LogP contribution in [0.15, 0.2) is 18.0 Å². The normalized spacial score (nSPS) is 16.3. The van der Waals surface area contributed by atoms with E-state index in [4.69, 9.17) is 5.11 Å². The van der Waals surface area contributed by atoms with Gasteiger partial charge in [0.15, 0.2) is 0 Å². The molecule has 0 saturated heterocycles. The molecule has 1 rings (SSSR count). The molecule has 0 atom stereocenters. The SMILES string of the molecule is OCNC1=[C]C=CCN1. The van der Waals surface area contributed by atoms with Gasteiger partial charge in [0.1, 0.15) is 12.6 Å². The van der Waals surface area contributed by atoms with Crippen molar-refractivity contribution in [2.24, 2.45) is 0 Å². The van der Waals surface area contributed by atoms with E-state index in [1.54, 1.807) is 0 Å². The van der Waals surface area contributed by atoms with Gasteiger partial charge in [0, 0.05) is 12.6 Å². The highest BCUT2D eigenvalue weighted by atomic mass is 16.3. The second-order valence-corrected chi connectivity index (χ2v) is 1.64. The van der Waals surface area contributed by atoms with Crippen molar-refractivity contribution in [3.05, 3.63) is 24.0 Å². The summed E-state index contributed by atoms with van der Waals surface area (Å²) in [6.45, 7) is 0.749. The van der Waals surface area contributed by atoms with Gasteiger partial charge < -0.3 is 15.7 Å². The highest BCUT2D eigenvalue weighted by molar-refractivity contribution is 5.08. The number of aliphatic hydroxyl groups is 1. The maximum absolute atomic E-state index is 8.38. The van der Waals surface area contributed by atoms with Gasteiger partial charge in [-0.3, -0.25) is 0 Å². The first-order valence-corrected chi connectivity index (χ1v) is 2.80. The summed E-state index contributed by atoms with van der Waals surface area (Å²) in [5.74, 6) is 0.750. The van der Waals surface area contributed by atoms with Crippen LogP contribution in [0.5, 0.6) is 0 Å². The molecule has 1 heterocycles. The van der Waals surface area contributed by atoms with Crippen molar-refractivity contribution in [1.29, 1.82) is 0 Å². The smallest absolute Gasteiger partial charge is 0.114 e. The lowest BCUT2D eigenvalue weighted by atomic mass is 10.4. The Balaban J connectivity index is 2.38. The van der Waals surface area contributed by atoms with Gasteiger partial charge in [-0.2, -0.15) is 0 Å². The zero-order valence-electron chi connectivity index (χ0n) is 5.02. The molecular weight excluding hydrogens is 116 g/mol. The lowest BCUT2D eigenvalue weighted by molar-refractivity contribution is 0.271. The van der Waals surface area contributed by atoms with E-state index < -0.39 is 0 Å². The number of hydrogen-bond donors (Lipinski definition) is 3. The summed E-state index contributed by atoms with van der Waals surface area (Å²) in [7, 11) is 0. The van der Waals surface area contributed by atoms with Crippen LogP contribution in [-0.2, 0) is 0 Å². The van der Waals surface area contributed by atoms with E-state index in [-0.39, 0.29) is 6.73 Å². The lowest BCUT2D eigenvalue weighted by Crippen LogP contribution is -2.28. The Morgan fingerprint density at radius 3 is 3.33 bits per heavy atom. The summed E-state index contributed by atoms with van der Waals surface area (Å²) < 4.78 is 0. The van der Waals surface area contributed by atoms with E-state index in [2.05, 4.69) is 16.7 Å². The Morgan fingerprint density at radius 1 is 1.89 bits per heavy atom. The molecule has 3 N–H and O–H groups in total. The molecule has 0 aromatic heterocycles. The van der Waals surface area contributed by atoms with Crippen molar-refractivity contribution in [2.75, 3.05) is 13.3 Å². The molecule has 3 heteroatoms. The summed E-state index contributed by atoms with van der Waals surface area (Å²) in [6, 6.07) is 0. The van der Waals surface area contributed by atoms with Gasteiger partial charge in [0.2, 0.25) is 0 Å². The van der Waals surface area contributed by atoms with E-state index in [0.717, 1.165) is 12.4 Å². The van der Waals surface area contributed by atoms with Gasteiger partial charge in [-0.05, 0) is 0 Å². The fourth-order valence-electron chi connectivity index (χ4n) is 0.606. The maximum Gasteiger partial charge on any atom is 0.114 e. The van der Waals surface area contributed by atoms with Gasteiger partial charge in [-0.25, -0.2) is 0 Å². The van der Waals surface area contributed by atoms with Crippen LogP contribution in [0, 0.1) is 6.08 Å². The highest BCUT2D eigenvalue weighted by Crippen LogP contribution is 1.88. The molecule has 1 aliphatic rings. The molecule has 0 unspecified atom stereocenters. The number of rotatable bonds is 2. The molecule has 0 aromatic rings. The molecular formula is C6H9N2O. The summed E-state index contributed by atoms with van der Waals surface area (Å²) in [6.07, 6.45) is 6.63. The molecule has 0 bridgehead atoms. The zero-order valence-corrected chi connectivity index (χ0v) is 5.02. The minimum Gasteiger partial charge on any atom is -0.377 e. The van der Waals surface area contributed by atoms with E-state index in [1.165, 1.54) is 0 Å². The van der Waals surface area contributed by atoms with E-state index >= 15 is 0 Å². The summed E-state index contributed by atoms with van der Waals surface area (Å²) in [4.78, 5) is 0. The van der Waals surface area contributed by atoms with Gasteiger partial charge >= 0.3 is 0 Å². The second kappa shape index (κ2) is 3.14. The highest BCUT2D eigenvalue weighted by Gasteiger charge is 1.93. The fourth-order valence-corrected chi connectivity index (χ4v) is 0.606. The number of allylic oxidation sites excluding steroid dienone is 2. The topological polar surface area (TPSA) is 44.3 Å². The van der Waals surface area contributed by atoms with Crippen molar-refractivity contribution in [2.45, 2.75) is 0 Å². The van der Waals surface area contributed by atoms with Gasteiger partial charge in [-0.15, -0.1) is 0 Å². The number of aliphatic hydroxyl groups excluding tert-OH is 1. The maximum atomic E-state index is 8.38. The van der Waals surface area contributed by atoms with Gasteiger partial charge in [-0.1, -0.05) is 12.2 Å². The van der Waals surface area contributed by atoms with Crippen molar-refractivity contribution in [3.63, 3.8) is 0 Å². The Morgan fingerprint density at radius 2 is 2.78 bits per heavy atom. The molecule has 0 saturated carbocycles. The number of nitrogens with one attached hydrogen (secondary N) is 2. The third kappa shape index (κ3) is 1.77. The minimum atomic E-state index is -0.0524. The summed E-state index contributed by atoms with van der Waals surface area (Å²) in [5, 5.41) is 14.0. The first-order chi connectivity index (χ1) is 4.43. The van der Waals surface area contributed by atoms with E-state index in [0.29, 0.717) is 0 Å². The molecule has 1 radical (unpaired) electrons. The number of dihydropyridines is 1. The van der Waals surface area contributed by atoms with Crippen molar-refractivity contribution in [1.82, 2.24) is 10.6 Å². The van der Waals surface area contributed by atoms with Crippen LogP contribution in [0.2, 0.25) is 0 Å². The van der Waals surface area contributed by atoms with Crippen LogP contribution < -0.4 is 10.6 Å². The standard InChI is InChI=1S/C6H9N2O/c9-5-8-6-3-1-2-4-7-6/h1-2,7-9H,4-5H2. The monoisotopic (exact) mass is 125 g/mol. The Hall–Kier alpha value is -0.960. The Bertz CT molecular complexity index is 140. The molecule has 9 heavy (non-hydrogen) atoms. The summed E-state index contributed by atoms with van der Waals surface area (Å²) in [5.41, 5.74) is 0.